The van der Waals surface area contributed by atoms with Crippen molar-refractivity contribution in [1.29, 1.82) is 0 Å². The summed E-state index contributed by atoms with van der Waals surface area (Å²) in [7, 11) is 3.28. The maximum absolute atomic E-state index is 5.54. The molecule has 0 fully saturated rings. The zero-order valence-electron chi connectivity index (χ0n) is 14.9. The molecule has 0 amide bonds. The quantitative estimate of drug-likeness (QED) is 0.555. The molecule has 0 aliphatic heterocycles. The second-order valence-corrected chi connectivity index (χ2v) is 6.10. The Bertz CT molecular complexity index is 1050. The summed E-state index contributed by atoms with van der Waals surface area (Å²) in [6.07, 6.45) is 5.63. The van der Waals surface area contributed by atoms with Gasteiger partial charge in [0.15, 0.2) is 0 Å². The van der Waals surface area contributed by atoms with E-state index in [1.54, 1.807) is 20.4 Å². The lowest BCUT2D eigenvalue weighted by Gasteiger charge is -2.13. The number of nitrogens with one attached hydrogen (secondary N) is 2. The summed E-state index contributed by atoms with van der Waals surface area (Å²) in [5.41, 5.74) is 3.76. The molecule has 4 aromatic rings. The molecule has 0 bridgehead atoms. The number of fused-ring (bicyclic) bond motifs is 2. The average Bonchev–Trinajstić information content (AvgIpc) is 3.27. The highest BCUT2D eigenvalue weighted by atomic mass is 16.5. The van der Waals surface area contributed by atoms with Gasteiger partial charge >= 0.3 is 0 Å². The summed E-state index contributed by atoms with van der Waals surface area (Å²) in [6, 6.07) is 6.13. The minimum Gasteiger partial charge on any atom is -0.480 e. The summed E-state index contributed by atoms with van der Waals surface area (Å²) in [4.78, 5) is 12.3. The van der Waals surface area contributed by atoms with Crippen LogP contribution in [0, 0.1) is 0 Å². The van der Waals surface area contributed by atoms with Crippen molar-refractivity contribution in [1.82, 2.24) is 24.6 Å². The molecule has 26 heavy (non-hydrogen) atoms. The Labute approximate surface area is 150 Å². The van der Waals surface area contributed by atoms with E-state index < -0.39 is 0 Å². The predicted molar refractivity (Wildman–Crippen MR) is 99.6 cm³/mol. The molecule has 1 unspecified atom stereocenters. The zero-order valence-corrected chi connectivity index (χ0v) is 14.9. The highest BCUT2D eigenvalue weighted by Crippen LogP contribution is 2.34. The minimum atomic E-state index is 0.0841. The Kier molecular flexibility index (Phi) is 4.18. The molecule has 0 saturated heterocycles. The molecule has 4 aromatic heterocycles. The third-order valence-corrected chi connectivity index (χ3v) is 4.19. The standard InChI is InChI=1S/C18H20N6O2/c1-11(10-25-2)21-18-22-16-15(17(23-18)26-3)14(9-19-16)12-5-7-24-13(8-12)4-6-20-24/h4-9,11H,10H2,1-3H3,(H2,19,21,22,23). The van der Waals surface area contributed by atoms with Crippen LogP contribution in [0.2, 0.25) is 0 Å². The van der Waals surface area contributed by atoms with E-state index in [9.17, 15) is 0 Å². The van der Waals surface area contributed by atoms with E-state index in [2.05, 4.69) is 31.4 Å². The first-order valence-electron chi connectivity index (χ1n) is 8.32. The molecule has 8 heteroatoms. The van der Waals surface area contributed by atoms with Crippen LogP contribution in [0.1, 0.15) is 6.92 Å². The van der Waals surface area contributed by atoms with Crippen molar-refractivity contribution in [2.24, 2.45) is 0 Å². The molecule has 8 nitrogen and oxygen atoms in total. The molecule has 2 N–H and O–H groups in total. The first-order chi connectivity index (χ1) is 12.7. The number of rotatable bonds is 6. The first-order valence-corrected chi connectivity index (χ1v) is 8.32. The largest absolute Gasteiger partial charge is 0.480 e. The second-order valence-electron chi connectivity index (χ2n) is 6.10. The Morgan fingerprint density at radius 1 is 1.27 bits per heavy atom. The molecule has 0 saturated carbocycles. The fourth-order valence-electron chi connectivity index (χ4n) is 3.04. The Balaban J connectivity index is 1.79. The van der Waals surface area contributed by atoms with Crippen molar-refractivity contribution >= 4 is 22.5 Å². The third-order valence-electron chi connectivity index (χ3n) is 4.19. The van der Waals surface area contributed by atoms with Gasteiger partial charge in [0.1, 0.15) is 5.65 Å². The maximum Gasteiger partial charge on any atom is 0.228 e. The van der Waals surface area contributed by atoms with Crippen LogP contribution in [0.4, 0.5) is 5.95 Å². The van der Waals surface area contributed by atoms with Crippen LogP contribution in [0.3, 0.4) is 0 Å². The van der Waals surface area contributed by atoms with Crippen LogP contribution in [0.15, 0.2) is 36.8 Å². The van der Waals surface area contributed by atoms with Crippen molar-refractivity contribution in [3.63, 3.8) is 0 Å². The summed E-state index contributed by atoms with van der Waals surface area (Å²) >= 11 is 0. The van der Waals surface area contributed by atoms with E-state index in [-0.39, 0.29) is 6.04 Å². The number of anilines is 1. The van der Waals surface area contributed by atoms with Crippen LogP contribution >= 0.6 is 0 Å². The van der Waals surface area contributed by atoms with Crippen molar-refractivity contribution in [2.75, 3.05) is 26.1 Å². The van der Waals surface area contributed by atoms with Gasteiger partial charge in [-0.2, -0.15) is 15.1 Å². The molecule has 0 aromatic carbocycles. The SMILES string of the molecule is COCC(C)Nc1nc(OC)c2c(-c3ccn4nccc4c3)c[nH]c2n1. The van der Waals surface area contributed by atoms with Crippen molar-refractivity contribution in [3.8, 4) is 17.0 Å². The summed E-state index contributed by atoms with van der Waals surface area (Å²) in [5.74, 6) is 1.02. The van der Waals surface area contributed by atoms with Crippen LogP contribution in [0.5, 0.6) is 5.88 Å². The predicted octanol–water partition coefficient (Wildman–Crippen LogP) is 2.73. The highest BCUT2D eigenvalue weighted by molar-refractivity contribution is 5.98. The van der Waals surface area contributed by atoms with Gasteiger partial charge < -0.3 is 19.8 Å². The van der Waals surface area contributed by atoms with Gasteiger partial charge in [-0.25, -0.2) is 4.52 Å². The van der Waals surface area contributed by atoms with E-state index in [1.165, 1.54) is 0 Å². The van der Waals surface area contributed by atoms with Gasteiger partial charge in [0.2, 0.25) is 11.8 Å². The normalized spacial score (nSPS) is 12.6. The Hall–Kier alpha value is -3.13. The van der Waals surface area contributed by atoms with Gasteiger partial charge in [0, 0.05) is 37.3 Å². The lowest BCUT2D eigenvalue weighted by molar-refractivity contribution is 0.190. The summed E-state index contributed by atoms with van der Waals surface area (Å²) < 4.78 is 12.5. The number of nitrogens with zero attached hydrogens (tertiary/aromatic N) is 4. The van der Waals surface area contributed by atoms with E-state index in [0.29, 0.717) is 24.1 Å². The number of H-pyrrole nitrogens is 1. The zero-order chi connectivity index (χ0) is 18.1. The number of aromatic nitrogens is 5. The number of hydrogen-bond acceptors (Lipinski definition) is 6. The molecule has 4 heterocycles. The van der Waals surface area contributed by atoms with Crippen LogP contribution in [-0.4, -0.2) is 51.4 Å². The summed E-state index contributed by atoms with van der Waals surface area (Å²) in [5, 5.41) is 8.30. The fourth-order valence-corrected chi connectivity index (χ4v) is 3.04. The number of pyridine rings is 1. The topological polar surface area (TPSA) is 89.4 Å². The molecule has 0 radical (unpaired) electrons. The van der Waals surface area contributed by atoms with E-state index >= 15 is 0 Å². The Morgan fingerprint density at radius 2 is 2.15 bits per heavy atom. The van der Waals surface area contributed by atoms with Crippen molar-refractivity contribution in [3.05, 3.63) is 36.8 Å². The molecule has 1 atom stereocenters. The molecular weight excluding hydrogens is 332 g/mol. The fraction of sp³-hybridized carbons (Fsp3) is 0.278. The van der Waals surface area contributed by atoms with Gasteiger partial charge in [0.05, 0.1) is 24.6 Å². The smallest absolute Gasteiger partial charge is 0.228 e. The number of methoxy groups -OCH3 is 2. The first kappa shape index (κ1) is 16.3. The van der Waals surface area contributed by atoms with Gasteiger partial charge in [-0.05, 0) is 30.7 Å². The van der Waals surface area contributed by atoms with Gasteiger partial charge in [-0.3, -0.25) is 0 Å². The molecule has 0 spiro atoms. The second kappa shape index (κ2) is 6.64. The van der Waals surface area contributed by atoms with E-state index in [4.69, 9.17) is 9.47 Å². The highest BCUT2D eigenvalue weighted by Gasteiger charge is 2.17. The lowest BCUT2D eigenvalue weighted by Crippen LogP contribution is -2.22. The third kappa shape index (κ3) is 2.84. The molecule has 134 valence electrons. The average molecular weight is 352 g/mol. The van der Waals surface area contributed by atoms with Gasteiger partial charge in [0.25, 0.3) is 0 Å². The monoisotopic (exact) mass is 352 g/mol. The van der Waals surface area contributed by atoms with Crippen LogP contribution in [-0.2, 0) is 4.74 Å². The molecular formula is C18H20N6O2. The molecule has 0 aliphatic rings. The maximum atomic E-state index is 5.54. The van der Waals surface area contributed by atoms with Crippen molar-refractivity contribution in [2.45, 2.75) is 13.0 Å². The van der Waals surface area contributed by atoms with Crippen LogP contribution < -0.4 is 10.1 Å². The van der Waals surface area contributed by atoms with Gasteiger partial charge in [-0.15, -0.1) is 0 Å². The number of ether oxygens (including phenoxy) is 2. The van der Waals surface area contributed by atoms with E-state index in [0.717, 1.165) is 22.0 Å². The van der Waals surface area contributed by atoms with Crippen molar-refractivity contribution < 1.29 is 9.47 Å². The molecule has 4 rings (SSSR count). The number of hydrogen-bond donors (Lipinski definition) is 2. The Morgan fingerprint density at radius 3 is 2.96 bits per heavy atom. The minimum absolute atomic E-state index is 0.0841. The number of aromatic amines is 1. The lowest BCUT2D eigenvalue weighted by atomic mass is 10.1. The summed E-state index contributed by atoms with van der Waals surface area (Å²) in [6.45, 7) is 2.56. The van der Waals surface area contributed by atoms with E-state index in [1.807, 2.05) is 36.0 Å². The van der Waals surface area contributed by atoms with Crippen LogP contribution in [0.25, 0.3) is 27.7 Å². The molecule has 0 aliphatic carbocycles. The van der Waals surface area contributed by atoms with Gasteiger partial charge in [-0.1, -0.05) is 0 Å².